The summed E-state index contributed by atoms with van der Waals surface area (Å²) >= 11 is 5.93. The summed E-state index contributed by atoms with van der Waals surface area (Å²) < 4.78 is 5.27. The summed E-state index contributed by atoms with van der Waals surface area (Å²) in [6.45, 7) is 7.56. The van der Waals surface area contributed by atoms with Crippen LogP contribution in [0.2, 0.25) is 5.15 Å². The van der Waals surface area contributed by atoms with Gasteiger partial charge in [0.05, 0.1) is 12.0 Å². The molecule has 1 fully saturated rings. The lowest BCUT2D eigenvalue weighted by Gasteiger charge is -2.31. The van der Waals surface area contributed by atoms with Gasteiger partial charge in [-0.05, 0) is 19.3 Å². The molecule has 0 radical (unpaired) electrons. The highest BCUT2D eigenvalue weighted by atomic mass is 35.5. The Hall–Kier alpha value is -1.56. The summed E-state index contributed by atoms with van der Waals surface area (Å²) in [5.74, 6) is 0.821. The molecule has 1 aromatic heterocycles. The molecule has 2 N–H and O–H groups in total. The molecule has 116 valence electrons. The first kappa shape index (κ1) is 15.8. The molecular weight excluding hydrogens is 292 g/mol. The van der Waals surface area contributed by atoms with E-state index in [1.165, 1.54) is 0 Å². The Kier molecular flexibility index (Phi) is 4.56. The summed E-state index contributed by atoms with van der Waals surface area (Å²) in [6.07, 6.45) is 0.727. The number of esters is 1. The Morgan fingerprint density at radius 3 is 2.86 bits per heavy atom. The van der Waals surface area contributed by atoms with Crippen molar-refractivity contribution in [3.05, 3.63) is 11.2 Å². The number of aromatic nitrogens is 2. The van der Waals surface area contributed by atoms with E-state index in [-0.39, 0.29) is 17.8 Å². The second kappa shape index (κ2) is 6.05. The van der Waals surface area contributed by atoms with Crippen LogP contribution in [0.15, 0.2) is 6.07 Å². The van der Waals surface area contributed by atoms with Crippen LogP contribution in [-0.4, -0.2) is 35.6 Å². The van der Waals surface area contributed by atoms with E-state index < -0.39 is 5.41 Å². The number of rotatable bonds is 4. The molecule has 0 aliphatic carbocycles. The normalized spacial score (nSPS) is 21.9. The molecule has 1 atom stereocenters. The van der Waals surface area contributed by atoms with Crippen molar-refractivity contribution in [3.8, 4) is 0 Å². The van der Waals surface area contributed by atoms with Gasteiger partial charge in [0, 0.05) is 19.2 Å². The largest absolute Gasteiger partial charge is 0.466 e. The van der Waals surface area contributed by atoms with Gasteiger partial charge in [-0.1, -0.05) is 25.4 Å². The van der Waals surface area contributed by atoms with Crippen molar-refractivity contribution in [1.29, 1.82) is 0 Å². The van der Waals surface area contributed by atoms with E-state index in [9.17, 15) is 4.79 Å². The van der Waals surface area contributed by atoms with E-state index in [2.05, 4.69) is 9.97 Å². The average Bonchev–Trinajstić information content (AvgIpc) is 2.84. The molecule has 0 bridgehead atoms. The number of anilines is 2. The van der Waals surface area contributed by atoms with E-state index in [0.717, 1.165) is 6.42 Å². The molecule has 1 aliphatic rings. The van der Waals surface area contributed by atoms with Crippen LogP contribution in [0.1, 0.15) is 27.2 Å². The van der Waals surface area contributed by atoms with Gasteiger partial charge in [-0.2, -0.15) is 4.98 Å². The van der Waals surface area contributed by atoms with Gasteiger partial charge < -0.3 is 15.4 Å². The number of carbonyl (C=O) groups excluding carboxylic acids is 1. The Morgan fingerprint density at radius 2 is 2.29 bits per heavy atom. The maximum Gasteiger partial charge on any atom is 0.314 e. The molecule has 0 aromatic carbocycles. The molecule has 1 aliphatic heterocycles. The van der Waals surface area contributed by atoms with Crippen molar-refractivity contribution in [2.75, 3.05) is 30.3 Å². The summed E-state index contributed by atoms with van der Waals surface area (Å²) in [5.41, 5.74) is 5.13. The second-order valence-electron chi connectivity index (χ2n) is 5.61. The predicted molar refractivity (Wildman–Crippen MR) is 82.2 cm³/mol. The first-order valence-electron chi connectivity index (χ1n) is 7.11. The van der Waals surface area contributed by atoms with E-state index in [1.54, 1.807) is 6.07 Å². The molecule has 2 rings (SSSR count). The molecule has 2 heterocycles. The topological polar surface area (TPSA) is 81.3 Å². The number of carbonyl (C=O) groups is 1. The number of nitrogens with two attached hydrogens (primary N) is 1. The number of ether oxygens (including phenoxy) is 1. The van der Waals surface area contributed by atoms with E-state index in [4.69, 9.17) is 22.1 Å². The smallest absolute Gasteiger partial charge is 0.314 e. The second-order valence-corrected chi connectivity index (χ2v) is 6.00. The minimum absolute atomic E-state index is 0.135. The molecule has 1 saturated heterocycles. The maximum atomic E-state index is 12.4. The van der Waals surface area contributed by atoms with Gasteiger partial charge in [-0.25, -0.2) is 4.98 Å². The van der Waals surface area contributed by atoms with Crippen molar-refractivity contribution in [2.45, 2.75) is 27.2 Å². The minimum atomic E-state index is -0.512. The average molecular weight is 313 g/mol. The monoisotopic (exact) mass is 312 g/mol. The first-order valence-corrected chi connectivity index (χ1v) is 7.49. The molecular formula is C14H21ClN4O2. The van der Waals surface area contributed by atoms with Gasteiger partial charge in [0.2, 0.25) is 5.95 Å². The number of halogens is 1. The van der Waals surface area contributed by atoms with Gasteiger partial charge >= 0.3 is 5.97 Å². The van der Waals surface area contributed by atoms with E-state index in [1.807, 2.05) is 25.7 Å². The number of nitrogens with zero attached hydrogens (tertiary/aromatic N) is 3. The summed E-state index contributed by atoms with van der Waals surface area (Å²) in [7, 11) is 0. The fraction of sp³-hybridized carbons (Fsp3) is 0.643. The minimum Gasteiger partial charge on any atom is -0.466 e. The Bertz CT molecular complexity index is 517. The molecule has 1 aromatic rings. The van der Waals surface area contributed by atoms with Crippen molar-refractivity contribution in [1.82, 2.24) is 9.97 Å². The third kappa shape index (κ3) is 3.05. The molecule has 1 unspecified atom stereocenters. The van der Waals surface area contributed by atoms with Crippen LogP contribution in [0.25, 0.3) is 0 Å². The highest BCUT2D eigenvalue weighted by Crippen LogP contribution is 2.40. The molecule has 6 nitrogen and oxygen atoms in total. The number of hydrogen-bond acceptors (Lipinski definition) is 6. The maximum absolute atomic E-state index is 12.4. The summed E-state index contributed by atoms with van der Waals surface area (Å²) in [5, 5.41) is 0.302. The van der Waals surface area contributed by atoms with Gasteiger partial charge in [0.1, 0.15) is 11.0 Å². The van der Waals surface area contributed by atoms with Gasteiger partial charge in [-0.3, -0.25) is 4.79 Å². The van der Waals surface area contributed by atoms with Crippen molar-refractivity contribution in [3.63, 3.8) is 0 Å². The van der Waals surface area contributed by atoms with Gasteiger partial charge in [0.25, 0.3) is 0 Å². The zero-order chi connectivity index (χ0) is 15.6. The van der Waals surface area contributed by atoms with Crippen LogP contribution in [0, 0.1) is 11.3 Å². The number of hydrogen-bond donors (Lipinski definition) is 1. The van der Waals surface area contributed by atoms with Crippen LogP contribution in [0.5, 0.6) is 0 Å². The third-order valence-corrected chi connectivity index (χ3v) is 4.30. The highest BCUT2D eigenvalue weighted by Gasteiger charge is 2.48. The van der Waals surface area contributed by atoms with E-state index >= 15 is 0 Å². The highest BCUT2D eigenvalue weighted by molar-refractivity contribution is 6.29. The van der Waals surface area contributed by atoms with Crippen molar-refractivity contribution in [2.24, 2.45) is 11.3 Å². The lowest BCUT2D eigenvalue weighted by Crippen LogP contribution is -2.40. The SMILES string of the molecule is CCOC(=O)C1(C(C)C)CCN(c2cc(Cl)nc(N)n2)C1. The van der Waals surface area contributed by atoms with E-state index in [0.29, 0.717) is 30.7 Å². The molecule has 0 amide bonds. The zero-order valence-electron chi connectivity index (χ0n) is 12.6. The van der Waals surface area contributed by atoms with Crippen molar-refractivity contribution < 1.29 is 9.53 Å². The van der Waals surface area contributed by atoms with Gasteiger partial charge in [-0.15, -0.1) is 0 Å². The van der Waals surface area contributed by atoms with Gasteiger partial charge in [0.15, 0.2) is 0 Å². The molecule has 0 spiro atoms. The molecule has 0 saturated carbocycles. The lowest BCUT2D eigenvalue weighted by atomic mass is 9.76. The van der Waals surface area contributed by atoms with Crippen LogP contribution in [-0.2, 0) is 9.53 Å². The van der Waals surface area contributed by atoms with Crippen LogP contribution < -0.4 is 10.6 Å². The van der Waals surface area contributed by atoms with Crippen LogP contribution in [0.4, 0.5) is 11.8 Å². The number of nitrogen functional groups attached to an aromatic ring is 1. The Morgan fingerprint density at radius 1 is 1.57 bits per heavy atom. The van der Waals surface area contributed by atoms with Crippen molar-refractivity contribution >= 4 is 29.3 Å². The standard InChI is InChI=1S/C14H21ClN4O2/c1-4-21-12(20)14(9(2)3)5-6-19(8-14)11-7-10(15)17-13(16)18-11/h7,9H,4-6,8H2,1-3H3,(H2,16,17,18). The molecule has 21 heavy (non-hydrogen) atoms. The fourth-order valence-corrected chi connectivity index (χ4v) is 2.95. The third-order valence-electron chi connectivity index (χ3n) is 4.11. The summed E-state index contributed by atoms with van der Waals surface area (Å²) in [6, 6.07) is 1.67. The molecule has 7 heteroatoms. The fourth-order valence-electron chi connectivity index (χ4n) is 2.76. The predicted octanol–water partition coefficient (Wildman–Crippen LogP) is 2.13. The first-order chi connectivity index (χ1) is 9.89. The van der Waals surface area contributed by atoms with Crippen LogP contribution in [0.3, 0.4) is 0 Å². The van der Waals surface area contributed by atoms with Crippen LogP contribution >= 0.6 is 11.6 Å². The Balaban J connectivity index is 2.25. The summed E-state index contributed by atoms with van der Waals surface area (Å²) in [4.78, 5) is 22.5. The lowest BCUT2D eigenvalue weighted by molar-refractivity contribution is -0.156. The zero-order valence-corrected chi connectivity index (χ0v) is 13.4. The Labute approximate surface area is 129 Å². The quantitative estimate of drug-likeness (QED) is 0.677.